The lowest BCUT2D eigenvalue weighted by Gasteiger charge is -1.96. The number of carbonyl (C=O) groups excluding carboxylic acids is 2. The van der Waals surface area contributed by atoms with Crippen molar-refractivity contribution in [1.29, 1.82) is 0 Å². The smallest absolute Gasteiger partial charge is 0.366 e. The third-order valence-corrected chi connectivity index (χ3v) is 1.25. The van der Waals surface area contributed by atoms with E-state index in [0.29, 0.717) is 0 Å². The average molecular weight is 171 g/mol. The molecule has 1 unspecified atom stereocenters. The molecule has 0 N–H and O–H groups in total. The largest absolute Gasteiger partial charge is 0.461 e. The molecular weight excluding hydrogens is 162 g/mol. The zero-order chi connectivity index (χ0) is 9.14. The Labute approximate surface area is 69.4 Å². The number of ether oxygens (including phenoxy) is 2. The first-order valence-electron chi connectivity index (χ1n) is 3.61. The van der Waals surface area contributed by atoms with Crippen molar-refractivity contribution in [3.05, 3.63) is 0 Å². The summed E-state index contributed by atoms with van der Waals surface area (Å²) in [6.07, 6.45) is -0.572. The lowest BCUT2D eigenvalue weighted by molar-refractivity contribution is -0.140. The fourth-order valence-electron chi connectivity index (χ4n) is 0.807. The van der Waals surface area contributed by atoms with Crippen molar-refractivity contribution < 1.29 is 19.1 Å². The summed E-state index contributed by atoms with van der Waals surface area (Å²) in [6, 6.07) is 0. The Morgan fingerprint density at radius 2 is 2.42 bits per heavy atom. The number of rotatable bonds is 2. The van der Waals surface area contributed by atoms with Crippen LogP contribution in [0.25, 0.3) is 0 Å². The number of aliphatic imine (C=N–C) groups is 1. The first kappa shape index (κ1) is 8.70. The lowest BCUT2D eigenvalue weighted by atomic mass is 10.4. The summed E-state index contributed by atoms with van der Waals surface area (Å²) in [7, 11) is 0. The number of esters is 2. The van der Waals surface area contributed by atoms with Crippen LogP contribution in [0.4, 0.5) is 0 Å². The van der Waals surface area contributed by atoms with Gasteiger partial charge >= 0.3 is 11.9 Å². The molecule has 0 spiro atoms. The lowest BCUT2D eigenvalue weighted by Crippen LogP contribution is -2.23. The standard InChI is InChI=1S/C7H9NO4/c1-3-11-6(9)5-7(10)12-4(2)8-5/h4H,3H2,1-2H3. The van der Waals surface area contributed by atoms with Crippen molar-refractivity contribution in [3.8, 4) is 0 Å². The van der Waals surface area contributed by atoms with Gasteiger partial charge in [0, 0.05) is 0 Å². The minimum atomic E-state index is -0.716. The monoisotopic (exact) mass is 171 g/mol. The van der Waals surface area contributed by atoms with E-state index in [9.17, 15) is 9.59 Å². The maximum Gasteiger partial charge on any atom is 0.366 e. The molecule has 0 aromatic heterocycles. The van der Waals surface area contributed by atoms with Gasteiger partial charge in [0.05, 0.1) is 6.61 Å². The second-order valence-corrected chi connectivity index (χ2v) is 2.20. The first-order valence-corrected chi connectivity index (χ1v) is 3.61. The van der Waals surface area contributed by atoms with Crippen LogP contribution in [0.1, 0.15) is 13.8 Å². The van der Waals surface area contributed by atoms with Crippen LogP contribution in [0.5, 0.6) is 0 Å². The quantitative estimate of drug-likeness (QED) is 0.544. The van der Waals surface area contributed by atoms with E-state index in [-0.39, 0.29) is 12.3 Å². The number of carbonyl (C=O) groups is 2. The minimum Gasteiger partial charge on any atom is -0.461 e. The number of hydrogen-bond donors (Lipinski definition) is 0. The van der Waals surface area contributed by atoms with Gasteiger partial charge in [0.1, 0.15) is 0 Å². The first-order chi connectivity index (χ1) is 5.65. The Morgan fingerprint density at radius 1 is 1.75 bits per heavy atom. The van der Waals surface area contributed by atoms with E-state index in [1.54, 1.807) is 13.8 Å². The summed E-state index contributed by atoms with van der Waals surface area (Å²) < 4.78 is 9.17. The SMILES string of the molecule is CCOC(=O)C1=NC(C)OC1=O. The number of hydrogen-bond acceptors (Lipinski definition) is 5. The Bertz CT molecular complexity index is 246. The molecule has 1 rings (SSSR count). The zero-order valence-corrected chi connectivity index (χ0v) is 6.86. The maximum absolute atomic E-state index is 10.9. The van der Waals surface area contributed by atoms with Crippen molar-refractivity contribution in [2.45, 2.75) is 20.1 Å². The highest BCUT2D eigenvalue weighted by atomic mass is 16.6. The van der Waals surface area contributed by atoms with Crippen LogP contribution < -0.4 is 0 Å². The molecule has 0 bridgehead atoms. The molecule has 12 heavy (non-hydrogen) atoms. The summed E-state index contributed by atoms with van der Waals surface area (Å²) in [4.78, 5) is 25.5. The Hall–Kier alpha value is -1.39. The summed E-state index contributed by atoms with van der Waals surface area (Å²) in [5.41, 5.74) is -0.246. The molecule has 0 radical (unpaired) electrons. The topological polar surface area (TPSA) is 65.0 Å². The van der Waals surface area contributed by atoms with Crippen LogP contribution in [0.2, 0.25) is 0 Å². The van der Waals surface area contributed by atoms with Crippen molar-refractivity contribution in [1.82, 2.24) is 0 Å². The summed E-state index contributed by atoms with van der Waals surface area (Å²) >= 11 is 0. The van der Waals surface area contributed by atoms with Gasteiger partial charge in [-0.25, -0.2) is 14.6 Å². The maximum atomic E-state index is 10.9. The van der Waals surface area contributed by atoms with Crippen LogP contribution in [0, 0.1) is 0 Å². The van der Waals surface area contributed by atoms with Gasteiger partial charge in [0.2, 0.25) is 5.71 Å². The second kappa shape index (κ2) is 3.34. The highest BCUT2D eigenvalue weighted by Gasteiger charge is 2.31. The van der Waals surface area contributed by atoms with Crippen LogP contribution in [-0.2, 0) is 19.1 Å². The molecule has 66 valence electrons. The van der Waals surface area contributed by atoms with Crippen LogP contribution in [0.15, 0.2) is 4.99 Å². The van der Waals surface area contributed by atoms with Gasteiger partial charge in [-0.05, 0) is 13.8 Å². The van der Waals surface area contributed by atoms with Gasteiger partial charge in [-0.15, -0.1) is 0 Å². The summed E-state index contributed by atoms with van der Waals surface area (Å²) in [6.45, 7) is 3.45. The Balaban J connectivity index is 2.68. The molecule has 1 heterocycles. The molecule has 0 amide bonds. The van der Waals surface area contributed by atoms with Crippen molar-refractivity contribution >= 4 is 17.7 Å². The van der Waals surface area contributed by atoms with Gasteiger partial charge in [-0.3, -0.25) is 0 Å². The molecule has 0 saturated carbocycles. The second-order valence-electron chi connectivity index (χ2n) is 2.20. The normalized spacial score (nSPS) is 21.7. The molecule has 0 aliphatic carbocycles. The molecule has 1 atom stereocenters. The zero-order valence-electron chi connectivity index (χ0n) is 6.86. The molecule has 1 aliphatic rings. The van der Waals surface area contributed by atoms with Crippen LogP contribution >= 0.6 is 0 Å². The van der Waals surface area contributed by atoms with Gasteiger partial charge in [-0.2, -0.15) is 0 Å². The predicted octanol–water partition coefficient (Wildman–Crippen LogP) is -0.107. The molecule has 0 fully saturated rings. The molecule has 1 aliphatic heterocycles. The van der Waals surface area contributed by atoms with E-state index in [1.165, 1.54) is 0 Å². The Kier molecular flexibility index (Phi) is 2.42. The molecule has 0 saturated heterocycles. The average Bonchev–Trinajstić information content (AvgIpc) is 2.30. The van der Waals surface area contributed by atoms with Gasteiger partial charge < -0.3 is 9.47 Å². The predicted molar refractivity (Wildman–Crippen MR) is 39.6 cm³/mol. The molecular formula is C7H9NO4. The summed E-state index contributed by atoms with van der Waals surface area (Å²) in [5.74, 6) is -1.42. The van der Waals surface area contributed by atoms with Gasteiger partial charge in [-0.1, -0.05) is 0 Å². The van der Waals surface area contributed by atoms with E-state index in [2.05, 4.69) is 14.5 Å². The molecule has 0 aromatic rings. The number of nitrogens with zero attached hydrogens (tertiary/aromatic N) is 1. The van der Waals surface area contributed by atoms with Gasteiger partial charge in [0.25, 0.3) is 0 Å². The van der Waals surface area contributed by atoms with E-state index in [4.69, 9.17) is 0 Å². The van der Waals surface area contributed by atoms with E-state index in [1.807, 2.05) is 0 Å². The number of cyclic esters (lactones) is 1. The summed E-state index contributed by atoms with van der Waals surface area (Å²) in [5, 5.41) is 0. The molecule has 5 heteroatoms. The van der Waals surface area contributed by atoms with Crippen molar-refractivity contribution in [3.63, 3.8) is 0 Å². The fraction of sp³-hybridized carbons (Fsp3) is 0.571. The van der Waals surface area contributed by atoms with Crippen LogP contribution in [-0.4, -0.2) is 30.5 Å². The highest BCUT2D eigenvalue weighted by molar-refractivity contribution is 6.63. The molecule has 5 nitrogen and oxygen atoms in total. The van der Waals surface area contributed by atoms with Crippen molar-refractivity contribution in [2.24, 2.45) is 4.99 Å². The van der Waals surface area contributed by atoms with E-state index >= 15 is 0 Å². The third-order valence-electron chi connectivity index (χ3n) is 1.25. The highest BCUT2D eigenvalue weighted by Crippen LogP contribution is 2.06. The Morgan fingerprint density at radius 3 is 2.83 bits per heavy atom. The third kappa shape index (κ3) is 1.61. The fourth-order valence-corrected chi connectivity index (χ4v) is 0.807. The minimum absolute atomic E-state index is 0.222. The van der Waals surface area contributed by atoms with E-state index in [0.717, 1.165) is 0 Å². The van der Waals surface area contributed by atoms with Crippen LogP contribution in [0.3, 0.4) is 0 Å². The van der Waals surface area contributed by atoms with E-state index < -0.39 is 18.2 Å². The van der Waals surface area contributed by atoms with Gasteiger partial charge in [0.15, 0.2) is 6.23 Å². The van der Waals surface area contributed by atoms with Crippen molar-refractivity contribution in [2.75, 3.05) is 6.61 Å². The molecule has 0 aromatic carbocycles.